The van der Waals surface area contributed by atoms with E-state index in [-0.39, 0.29) is 18.0 Å². The molecule has 0 aromatic rings. The van der Waals surface area contributed by atoms with Crippen LogP contribution in [0.3, 0.4) is 0 Å². The Kier molecular flexibility index (Phi) is 32.2. The number of aliphatic carboxylic acids is 1. The third-order valence-corrected chi connectivity index (χ3v) is 8.16. The number of hydrogen-bond acceptors (Lipinski definition) is 5. The number of hydrogen-bond donors (Lipinski definition) is 3. The molecule has 0 spiro atoms. The van der Waals surface area contributed by atoms with Crippen LogP contribution in [0.25, 0.3) is 0 Å². The molecule has 2 unspecified atom stereocenters. The minimum absolute atomic E-state index is 0.105. The van der Waals surface area contributed by atoms with Gasteiger partial charge < -0.3 is 20.9 Å². The number of unbranched alkanes of at least 4 members (excludes halogenated alkanes) is 15. The van der Waals surface area contributed by atoms with Crippen molar-refractivity contribution >= 4 is 17.8 Å². The molecule has 0 saturated carbocycles. The second-order valence-corrected chi connectivity index (χ2v) is 12.6. The van der Waals surface area contributed by atoms with Crippen molar-refractivity contribution in [2.24, 2.45) is 5.73 Å². The summed E-state index contributed by atoms with van der Waals surface area (Å²) in [5.41, 5.74) is 5.47. The van der Waals surface area contributed by atoms with Gasteiger partial charge in [0.05, 0.1) is 0 Å². The number of rotatable bonds is 33. The number of amides is 1. The third kappa shape index (κ3) is 30.3. The van der Waals surface area contributed by atoms with E-state index in [9.17, 15) is 19.5 Å². The van der Waals surface area contributed by atoms with Crippen molar-refractivity contribution in [1.29, 1.82) is 0 Å². The molecule has 7 heteroatoms. The van der Waals surface area contributed by atoms with E-state index in [0.29, 0.717) is 38.6 Å². The summed E-state index contributed by atoms with van der Waals surface area (Å²) >= 11 is 0. The summed E-state index contributed by atoms with van der Waals surface area (Å²) in [6.45, 7) is 4.85. The number of ether oxygens (including phenoxy) is 1. The predicted octanol–water partition coefficient (Wildman–Crippen LogP) is 9.89. The van der Waals surface area contributed by atoms with Gasteiger partial charge >= 0.3 is 11.9 Å². The number of carbonyl (C=O) groups excluding carboxylic acids is 2. The fourth-order valence-corrected chi connectivity index (χ4v) is 5.26. The minimum Gasteiger partial charge on any atom is -0.480 e. The van der Waals surface area contributed by atoms with Crippen molar-refractivity contribution in [3.05, 3.63) is 36.5 Å². The maximum absolute atomic E-state index is 12.6. The van der Waals surface area contributed by atoms with Crippen molar-refractivity contribution in [3.63, 3.8) is 0 Å². The molecule has 0 radical (unpaired) electrons. The van der Waals surface area contributed by atoms with Gasteiger partial charge in [-0.2, -0.15) is 0 Å². The van der Waals surface area contributed by atoms with E-state index in [0.717, 1.165) is 64.2 Å². The molecule has 0 aliphatic heterocycles. The van der Waals surface area contributed by atoms with Gasteiger partial charge in [0.15, 0.2) is 0 Å². The van der Waals surface area contributed by atoms with Gasteiger partial charge in [-0.25, -0.2) is 4.79 Å². The largest absolute Gasteiger partial charge is 0.480 e. The summed E-state index contributed by atoms with van der Waals surface area (Å²) < 4.78 is 5.88. The van der Waals surface area contributed by atoms with Gasteiger partial charge in [-0.15, -0.1) is 0 Å². The second-order valence-electron chi connectivity index (χ2n) is 12.6. The number of esters is 1. The van der Waals surface area contributed by atoms with Crippen LogP contribution in [0.5, 0.6) is 0 Å². The minimum atomic E-state index is -1.02. The molecule has 0 saturated heterocycles. The van der Waals surface area contributed by atoms with Gasteiger partial charge in [0.1, 0.15) is 12.1 Å². The van der Waals surface area contributed by atoms with Gasteiger partial charge in [0.25, 0.3) is 0 Å². The number of carbonyl (C=O) groups is 3. The fourth-order valence-electron chi connectivity index (χ4n) is 5.26. The molecule has 0 aliphatic carbocycles. The molecule has 0 heterocycles. The topological polar surface area (TPSA) is 119 Å². The third-order valence-electron chi connectivity index (χ3n) is 8.16. The molecule has 266 valence electrons. The molecule has 0 aromatic heterocycles. The molecule has 7 nitrogen and oxygen atoms in total. The van der Waals surface area contributed by atoms with E-state index < -0.39 is 12.0 Å². The van der Waals surface area contributed by atoms with Crippen molar-refractivity contribution in [3.8, 4) is 0 Å². The van der Waals surface area contributed by atoms with Gasteiger partial charge in [-0.1, -0.05) is 115 Å². The summed E-state index contributed by atoms with van der Waals surface area (Å²) in [5.74, 6) is -1.35. The van der Waals surface area contributed by atoms with Crippen LogP contribution in [-0.4, -0.2) is 41.6 Å². The molecule has 0 rings (SSSR count). The Balaban J connectivity index is 4.32. The van der Waals surface area contributed by atoms with Gasteiger partial charge in [-0.05, 0) is 89.7 Å². The molecular formula is C39H70N2O5. The molecule has 0 fully saturated rings. The van der Waals surface area contributed by atoms with Crippen LogP contribution in [0.15, 0.2) is 36.5 Å². The van der Waals surface area contributed by atoms with Crippen molar-refractivity contribution in [2.75, 3.05) is 6.54 Å². The lowest BCUT2D eigenvalue weighted by Gasteiger charge is -2.15. The van der Waals surface area contributed by atoms with Crippen LogP contribution in [0.1, 0.15) is 174 Å². The summed E-state index contributed by atoms with van der Waals surface area (Å²) in [4.78, 5) is 36.1. The molecule has 46 heavy (non-hydrogen) atoms. The maximum Gasteiger partial charge on any atom is 0.326 e. The zero-order valence-electron chi connectivity index (χ0n) is 29.7. The van der Waals surface area contributed by atoms with Crippen LogP contribution in [0, 0.1) is 0 Å². The first kappa shape index (κ1) is 43.6. The average molecular weight is 647 g/mol. The summed E-state index contributed by atoms with van der Waals surface area (Å²) in [5, 5.41) is 11.9. The van der Waals surface area contributed by atoms with Crippen LogP contribution in [0.2, 0.25) is 0 Å². The highest BCUT2D eigenvalue weighted by Gasteiger charge is 2.19. The zero-order valence-corrected chi connectivity index (χ0v) is 29.7. The first-order valence-electron chi connectivity index (χ1n) is 18.8. The molecule has 0 aromatic carbocycles. The van der Waals surface area contributed by atoms with E-state index in [1.807, 2.05) is 0 Å². The SMILES string of the molecule is CCCC/C=C\C/C=C\CCCCCCCC(=O)OC(/C=C\CCCCCCC)CCCCCCC(=O)NC(CCCN)C(=O)O. The average Bonchev–Trinajstić information content (AvgIpc) is 3.03. The Labute approximate surface area is 282 Å². The van der Waals surface area contributed by atoms with Crippen molar-refractivity contribution in [1.82, 2.24) is 5.32 Å². The monoisotopic (exact) mass is 647 g/mol. The number of nitrogens with two attached hydrogens (primary N) is 1. The Morgan fingerprint density at radius 2 is 1.22 bits per heavy atom. The number of allylic oxidation sites excluding steroid dienone is 5. The second kappa shape index (κ2) is 33.9. The predicted molar refractivity (Wildman–Crippen MR) is 193 cm³/mol. The fraction of sp³-hybridized carbons (Fsp3) is 0.769. The van der Waals surface area contributed by atoms with Crippen LogP contribution in [0.4, 0.5) is 0 Å². The number of nitrogens with one attached hydrogen (secondary N) is 1. The molecule has 2 atom stereocenters. The normalized spacial score (nSPS) is 13.1. The molecule has 1 amide bonds. The van der Waals surface area contributed by atoms with Crippen LogP contribution >= 0.6 is 0 Å². The van der Waals surface area contributed by atoms with E-state index in [1.54, 1.807) is 0 Å². The number of carboxylic acids is 1. The summed E-state index contributed by atoms with van der Waals surface area (Å²) in [7, 11) is 0. The summed E-state index contributed by atoms with van der Waals surface area (Å²) in [6.07, 6.45) is 37.7. The van der Waals surface area contributed by atoms with Gasteiger partial charge in [0.2, 0.25) is 5.91 Å². The first-order valence-corrected chi connectivity index (χ1v) is 18.8. The smallest absolute Gasteiger partial charge is 0.326 e. The molecule has 0 bridgehead atoms. The van der Waals surface area contributed by atoms with Crippen LogP contribution in [-0.2, 0) is 19.1 Å². The highest BCUT2D eigenvalue weighted by Crippen LogP contribution is 2.15. The highest BCUT2D eigenvalue weighted by atomic mass is 16.5. The Hall–Kier alpha value is -2.41. The quantitative estimate of drug-likeness (QED) is 0.0371. The lowest BCUT2D eigenvalue weighted by Crippen LogP contribution is -2.40. The van der Waals surface area contributed by atoms with E-state index >= 15 is 0 Å². The van der Waals surface area contributed by atoms with Crippen molar-refractivity contribution < 1.29 is 24.2 Å². The van der Waals surface area contributed by atoms with E-state index in [4.69, 9.17) is 10.5 Å². The van der Waals surface area contributed by atoms with Gasteiger partial charge in [-0.3, -0.25) is 9.59 Å². The zero-order chi connectivity index (χ0) is 33.9. The Bertz CT molecular complexity index is 823. The maximum atomic E-state index is 12.6. The Morgan fingerprint density at radius 1 is 0.652 bits per heavy atom. The van der Waals surface area contributed by atoms with E-state index in [2.05, 4.69) is 55.6 Å². The molecule has 0 aliphatic rings. The number of carboxylic acid groups (broad SMARTS) is 1. The van der Waals surface area contributed by atoms with E-state index in [1.165, 1.54) is 64.2 Å². The van der Waals surface area contributed by atoms with Crippen molar-refractivity contribution in [2.45, 2.75) is 187 Å². The first-order chi connectivity index (χ1) is 22.4. The lowest BCUT2D eigenvalue weighted by molar-refractivity contribution is -0.147. The highest BCUT2D eigenvalue weighted by molar-refractivity contribution is 5.83. The molecule has 4 N–H and O–H groups in total. The standard InChI is InChI=1S/C39H70N2O5/c1-3-5-7-9-11-12-13-14-15-16-17-19-21-27-33-38(43)46-35(29-24-20-18-10-8-6-4-2)30-25-22-23-26-32-37(42)41-36(39(44)45)31-28-34-40/h9,11,13-14,24,29,35-36H,3-8,10,12,15-23,25-28,30-34,40H2,1-2H3,(H,41,42)(H,44,45)/b11-9-,14-13-,29-24-. The Morgan fingerprint density at radius 3 is 1.87 bits per heavy atom. The van der Waals surface area contributed by atoms with Gasteiger partial charge in [0, 0.05) is 12.8 Å². The molecular weight excluding hydrogens is 576 g/mol. The summed E-state index contributed by atoms with van der Waals surface area (Å²) in [6, 6.07) is -0.870. The lowest BCUT2D eigenvalue weighted by atomic mass is 10.1. The van der Waals surface area contributed by atoms with Crippen LogP contribution < -0.4 is 11.1 Å².